The minimum Gasteiger partial charge on any atom is -0.493 e. The van der Waals surface area contributed by atoms with E-state index in [0.29, 0.717) is 23.1 Å². The highest BCUT2D eigenvalue weighted by Crippen LogP contribution is 2.29. The number of benzene rings is 3. The van der Waals surface area contributed by atoms with E-state index < -0.39 is 0 Å². The quantitative estimate of drug-likeness (QED) is 0.438. The van der Waals surface area contributed by atoms with Crippen LogP contribution in [0.25, 0.3) is 6.08 Å². The summed E-state index contributed by atoms with van der Waals surface area (Å²) in [5, 5.41) is 3.58. The van der Waals surface area contributed by atoms with E-state index in [1.54, 1.807) is 13.2 Å². The number of nitrogens with zero attached hydrogens (tertiary/aromatic N) is 1. The van der Waals surface area contributed by atoms with Gasteiger partial charge in [-0.2, -0.15) is 0 Å². The molecule has 7 heteroatoms. The van der Waals surface area contributed by atoms with Crippen molar-refractivity contribution in [1.29, 1.82) is 0 Å². The van der Waals surface area contributed by atoms with Crippen molar-refractivity contribution in [3.8, 4) is 11.5 Å². The summed E-state index contributed by atoms with van der Waals surface area (Å²) in [4.78, 5) is 14.7. The van der Waals surface area contributed by atoms with Crippen LogP contribution in [-0.2, 0) is 16.1 Å². The van der Waals surface area contributed by atoms with Crippen LogP contribution in [0.4, 0.5) is 11.4 Å². The molecule has 0 saturated carbocycles. The van der Waals surface area contributed by atoms with Crippen molar-refractivity contribution in [3.63, 3.8) is 0 Å². The van der Waals surface area contributed by atoms with Crippen LogP contribution in [0.15, 0.2) is 72.8 Å². The molecule has 1 heterocycles. The van der Waals surface area contributed by atoms with Crippen molar-refractivity contribution in [2.75, 3.05) is 43.6 Å². The molecule has 1 amide bonds. The number of methoxy groups -OCH3 is 1. The number of hydrogen-bond acceptors (Lipinski definition) is 5. The van der Waals surface area contributed by atoms with Gasteiger partial charge in [0, 0.05) is 35.6 Å². The maximum Gasteiger partial charge on any atom is 0.248 e. The van der Waals surface area contributed by atoms with Crippen molar-refractivity contribution >= 4 is 35.0 Å². The molecular formula is C27H27ClN2O4. The fourth-order valence-corrected chi connectivity index (χ4v) is 3.71. The predicted molar refractivity (Wildman–Crippen MR) is 136 cm³/mol. The maximum absolute atomic E-state index is 12.4. The summed E-state index contributed by atoms with van der Waals surface area (Å²) in [7, 11) is 1.59. The number of ether oxygens (including phenoxy) is 3. The highest BCUT2D eigenvalue weighted by molar-refractivity contribution is 6.30. The summed E-state index contributed by atoms with van der Waals surface area (Å²) in [6.45, 7) is 3.63. The number of nitrogens with one attached hydrogen (secondary N) is 1. The fourth-order valence-electron chi connectivity index (χ4n) is 3.58. The first-order valence-electron chi connectivity index (χ1n) is 11.1. The van der Waals surface area contributed by atoms with Crippen LogP contribution in [0.1, 0.15) is 11.1 Å². The number of carbonyl (C=O) groups excluding carboxylic acids is 1. The Morgan fingerprint density at radius 3 is 2.47 bits per heavy atom. The minimum absolute atomic E-state index is 0.207. The van der Waals surface area contributed by atoms with Crippen LogP contribution in [0.3, 0.4) is 0 Å². The molecule has 34 heavy (non-hydrogen) atoms. The van der Waals surface area contributed by atoms with Gasteiger partial charge in [-0.25, -0.2) is 0 Å². The molecule has 0 aromatic heterocycles. The van der Waals surface area contributed by atoms with Gasteiger partial charge in [-0.15, -0.1) is 0 Å². The normalized spacial score (nSPS) is 13.6. The van der Waals surface area contributed by atoms with Gasteiger partial charge in [0.1, 0.15) is 6.61 Å². The second-order valence-electron chi connectivity index (χ2n) is 7.79. The third-order valence-electron chi connectivity index (χ3n) is 5.43. The van der Waals surface area contributed by atoms with E-state index in [4.69, 9.17) is 25.8 Å². The highest BCUT2D eigenvalue weighted by Gasteiger charge is 2.11. The average molecular weight is 479 g/mol. The molecule has 0 unspecified atom stereocenters. The lowest BCUT2D eigenvalue weighted by molar-refractivity contribution is -0.111. The van der Waals surface area contributed by atoms with Crippen LogP contribution < -0.4 is 19.7 Å². The molecule has 0 aliphatic carbocycles. The average Bonchev–Trinajstić information content (AvgIpc) is 2.88. The Morgan fingerprint density at radius 2 is 1.76 bits per heavy atom. The second-order valence-corrected chi connectivity index (χ2v) is 8.23. The zero-order valence-corrected chi connectivity index (χ0v) is 19.8. The molecule has 1 aliphatic heterocycles. The van der Waals surface area contributed by atoms with Crippen LogP contribution in [0, 0.1) is 0 Å². The number of amides is 1. The molecule has 0 atom stereocenters. The summed E-state index contributed by atoms with van der Waals surface area (Å²) in [6.07, 6.45) is 3.24. The predicted octanol–water partition coefficient (Wildman–Crippen LogP) is 5.42. The standard InChI is InChI=1S/C27H27ClN2O4/c1-32-26-18-20(4-12-25(26)34-19-21-2-6-22(28)7-3-21)5-13-27(31)29-23-8-10-24(11-9-23)30-14-16-33-17-15-30/h2-13,18H,14-17,19H2,1H3,(H,29,31). The molecule has 1 fully saturated rings. The highest BCUT2D eigenvalue weighted by atomic mass is 35.5. The van der Waals surface area contributed by atoms with Crippen molar-refractivity contribution in [2.45, 2.75) is 6.61 Å². The second kappa shape index (κ2) is 11.6. The lowest BCUT2D eigenvalue weighted by atomic mass is 10.2. The summed E-state index contributed by atoms with van der Waals surface area (Å²) in [5.74, 6) is 1.01. The number of morpholine rings is 1. The molecule has 0 spiro atoms. The largest absolute Gasteiger partial charge is 0.493 e. The monoisotopic (exact) mass is 478 g/mol. The van der Waals surface area contributed by atoms with Gasteiger partial charge in [0.15, 0.2) is 11.5 Å². The Bertz CT molecular complexity index is 1120. The van der Waals surface area contributed by atoms with E-state index in [1.165, 1.54) is 6.08 Å². The summed E-state index contributed by atoms with van der Waals surface area (Å²) < 4.78 is 16.7. The zero-order chi connectivity index (χ0) is 23.8. The molecular weight excluding hydrogens is 452 g/mol. The SMILES string of the molecule is COc1cc(C=CC(=O)Nc2ccc(N3CCOCC3)cc2)ccc1OCc1ccc(Cl)cc1. The lowest BCUT2D eigenvalue weighted by Crippen LogP contribution is -2.36. The zero-order valence-electron chi connectivity index (χ0n) is 19.0. The first kappa shape index (κ1) is 23.7. The summed E-state index contributed by atoms with van der Waals surface area (Å²) in [6, 6.07) is 20.9. The number of rotatable bonds is 8. The van der Waals surface area contributed by atoms with E-state index in [2.05, 4.69) is 10.2 Å². The van der Waals surface area contributed by atoms with Crippen molar-refractivity contribution < 1.29 is 19.0 Å². The minimum atomic E-state index is -0.207. The van der Waals surface area contributed by atoms with Crippen LogP contribution >= 0.6 is 11.6 Å². The van der Waals surface area contributed by atoms with Crippen LogP contribution in [0.2, 0.25) is 5.02 Å². The number of carbonyl (C=O) groups is 1. The Morgan fingerprint density at radius 1 is 1.03 bits per heavy atom. The van der Waals surface area contributed by atoms with Crippen molar-refractivity contribution in [2.24, 2.45) is 0 Å². The van der Waals surface area contributed by atoms with Gasteiger partial charge in [-0.05, 0) is 65.7 Å². The van der Waals surface area contributed by atoms with E-state index in [9.17, 15) is 4.79 Å². The Balaban J connectivity index is 1.33. The number of halogens is 1. The Labute approximate surface area is 204 Å². The van der Waals surface area contributed by atoms with Crippen LogP contribution in [0.5, 0.6) is 11.5 Å². The summed E-state index contributed by atoms with van der Waals surface area (Å²) >= 11 is 5.93. The molecule has 176 valence electrons. The molecule has 6 nitrogen and oxygen atoms in total. The lowest BCUT2D eigenvalue weighted by Gasteiger charge is -2.28. The van der Waals surface area contributed by atoms with Gasteiger partial charge in [0.25, 0.3) is 0 Å². The summed E-state index contributed by atoms with van der Waals surface area (Å²) in [5.41, 5.74) is 3.70. The van der Waals surface area contributed by atoms with Crippen molar-refractivity contribution in [3.05, 3.63) is 89.0 Å². The smallest absolute Gasteiger partial charge is 0.248 e. The third kappa shape index (κ3) is 6.53. The van der Waals surface area contributed by atoms with Gasteiger partial charge < -0.3 is 24.4 Å². The number of anilines is 2. The van der Waals surface area contributed by atoms with Gasteiger partial charge >= 0.3 is 0 Å². The van der Waals surface area contributed by atoms with Gasteiger partial charge in [-0.3, -0.25) is 4.79 Å². The van der Waals surface area contributed by atoms with Crippen LogP contribution in [-0.4, -0.2) is 39.3 Å². The maximum atomic E-state index is 12.4. The van der Waals surface area contributed by atoms with Gasteiger partial charge in [0.2, 0.25) is 5.91 Å². The van der Waals surface area contributed by atoms with Gasteiger partial charge in [0.05, 0.1) is 20.3 Å². The molecule has 4 rings (SSSR count). The fraction of sp³-hybridized carbons (Fsp3) is 0.222. The van der Waals surface area contributed by atoms with Crippen molar-refractivity contribution in [1.82, 2.24) is 0 Å². The van der Waals surface area contributed by atoms with E-state index in [0.717, 1.165) is 48.8 Å². The molecule has 0 bridgehead atoms. The number of hydrogen-bond donors (Lipinski definition) is 1. The van der Waals surface area contributed by atoms with E-state index >= 15 is 0 Å². The molecule has 1 N–H and O–H groups in total. The molecule has 1 aliphatic rings. The Kier molecular flexibility index (Phi) is 8.07. The van der Waals surface area contributed by atoms with Gasteiger partial charge in [-0.1, -0.05) is 29.8 Å². The molecule has 3 aromatic carbocycles. The first-order valence-corrected chi connectivity index (χ1v) is 11.5. The molecule has 0 radical (unpaired) electrons. The third-order valence-corrected chi connectivity index (χ3v) is 5.69. The first-order chi connectivity index (χ1) is 16.6. The van der Waals surface area contributed by atoms with E-state index in [-0.39, 0.29) is 5.91 Å². The topological polar surface area (TPSA) is 60.0 Å². The molecule has 1 saturated heterocycles. The molecule has 3 aromatic rings. The van der Waals surface area contributed by atoms with E-state index in [1.807, 2.05) is 66.7 Å². The Hall–Kier alpha value is -3.48.